The molecule has 1 aliphatic rings. The molecular weight excluding hydrogens is 212 g/mol. The molecule has 1 aliphatic carbocycles. The van der Waals surface area contributed by atoms with Crippen molar-refractivity contribution in [2.45, 2.75) is 25.9 Å². The predicted octanol–water partition coefficient (Wildman–Crippen LogP) is 3.14. The summed E-state index contributed by atoms with van der Waals surface area (Å²) < 4.78 is 26.3. The van der Waals surface area contributed by atoms with Crippen LogP contribution in [-0.4, -0.2) is 6.21 Å². The van der Waals surface area contributed by atoms with Gasteiger partial charge in [-0.3, -0.25) is 0 Å². The van der Waals surface area contributed by atoms with Gasteiger partial charge in [-0.15, -0.1) is 0 Å². The van der Waals surface area contributed by atoms with Gasteiger partial charge >= 0.3 is 0 Å². The van der Waals surface area contributed by atoms with Crippen LogP contribution in [0.5, 0.6) is 0 Å². The van der Waals surface area contributed by atoms with E-state index in [1.165, 1.54) is 24.6 Å². The van der Waals surface area contributed by atoms with Crippen molar-refractivity contribution >= 4 is 6.21 Å². The van der Waals surface area contributed by atoms with E-state index >= 15 is 0 Å². The van der Waals surface area contributed by atoms with Gasteiger partial charge in [0.25, 0.3) is 0 Å². The summed E-state index contributed by atoms with van der Waals surface area (Å²) in [5, 5.41) is 3.59. The van der Waals surface area contributed by atoms with Crippen molar-refractivity contribution in [1.82, 2.24) is 0 Å². The first-order valence-corrected chi connectivity index (χ1v) is 5.28. The minimum atomic E-state index is -0.612. The van der Waals surface area contributed by atoms with E-state index in [-0.39, 0.29) is 12.2 Å². The summed E-state index contributed by atoms with van der Waals surface area (Å²) in [6.45, 7) is -0.196. The van der Waals surface area contributed by atoms with Crippen molar-refractivity contribution in [3.05, 3.63) is 35.4 Å². The van der Waals surface area contributed by atoms with Crippen LogP contribution in [0.3, 0.4) is 0 Å². The highest BCUT2D eigenvalue weighted by molar-refractivity contribution is 5.60. The van der Waals surface area contributed by atoms with E-state index in [1.807, 2.05) is 0 Å². The Balaban J connectivity index is 1.86. The first-order valence-electron chi connectivity index (χ1n) is 5.28. The number of rotatable bonds is 4. The van der Waals surface area contributed by atoms with E-state index in [2.05, 4.69) is 11.4 Å². The maximum Gasteiger partial charge on any atom is 0.148 e. The molecule has 0 aromatic heterocycles. The average Bonchev–Trinajstić information content (AvgIpc) is 2.19. The predicted molar refractivity (Wildman–Crippen MR) is 55.9 cm³/mol. The van der Waals surface area contributed by atoms with E-state index in [0.29, 0.717) is 5.92 Å². The number of hydrogen-bond donors (Lipinski definition) is 0. The Bertz CT molecular complexity index is 368. The normalized spacial score (nSPS) is 16.4. The fourth-order valence-electron chi connectivity index (χ4n) is 1.42. The van der Waals surface area contributed by atoms with E-state index in [9.17, 15) is 8.78 Å². The summed E-state index contributed by atoms with van der Waals surface area (Å²) in [5.41, 5.74) is -0.0957. The maximum absolute atomic E-state index is 13.1. The van der Waals surface area contributed by atoms with Crippen LogP contribution in [-0.2, 0) is 11.4 Å². The van der Waals surface area contributed by atoms with Gasteiger partial charge in [0.1, 0.15) is 24.5 Å². The fourth-order valence-corrected chi connectivity index (χ4v) is 1.42. The monoisotopic (exact) mass is 224 g/mol. The van der Waals surface area contributed by atoms with Crippen LogP contribution in [0.1, 0.15) is 24.8 Å². The van der Waals surface area contributed by atoms with Crippen LogP contribution in [0.25, 0.3) is 0 Å². The molecule has 1 aromatic rings. The lowest BCUT2D eigenvalue weighted by molar-refractivity contribution is 0.124. The lowest BCUT2D eigenvalue weighted by Gasteiger charge is -2.18. The number of nitrogens with zero attached hydrogens (tertiary/aromatic N) is 1. The SMILES string of the molecule is Fc1cccc(F)c1CO/N=[C]\C1CCC1. The van der Waals surface area contributed by atoms with Gasteiger partial charge in [0, 0.05) is 5.92 Å². The lowest BCUT2D eigenvalue weighted by atomic mass is 9.87. The van der Waals surface area contributed by atoms with Gasteiger partial charge in [0.05, 0.1) is 5.56 Å². The molecule has 0 N–H and O–H groups in total. The topological polar surface area (TPSA) is 21.6 Å². The molecule has 0 unspecified atom stereocenters. The van der Waals surface area contributed by atoms with Gasteiger partial charge < -0.3 is 4.84 Å². The van der Waals surface area contributed by atoms with Crippen molar-refractivity contribution < 1.29 is 13.6 Å². The molecule has 1 saturated carbocycles. The molecule has 1 radical (unpaired) electrons. The second kappa shape index (κ2) is 5.05. The van der Waals surface area contributed by atoms with E-state index in [0.717, 1.165) is 12.8 Å². The zero-order chi connectivity index (χ0) is 11.4. The minimum Gasteiger partial charge on any atom is -0.390 e. The number of halogens is 2. The molecule has 1 fully saturated rings. The van der Waals surface area contributed by atoms with Gasteiger partial charge in [0.2, 0.25) is 0 Å². The van der Waals surface area contributed by atoms with Crippen LogP contribution >= 0.6 is 0 Å². The Labute approximate surface area is 92.9 Å². The molecule has 0 atom stereocenters. The van der Waals surface area contributed by atoms with Crippen LogP contribution in [0, 0.1) is 17.6 Å². The third-order valence-electron chi connectivity index (χ3n) is 2.68. The maximum atomic E-state index is 13.1. The Kier molecular flexibility index (Phi) is 3.49. The third-order valence-corrected chi connectivity index (χ3v) is 2.68. The summed E-state index contributed by atoms with van der Waals surface area (Å²) in [4.78, 5) is 4.82. The second-order valence-corrected chi connectivity index (χ2v) is 3.82. The molecule has 2 rings (SSSR count). The van der Waals surface area contributed by atoms with Gasteiger partial charge in [-0.25, -0.2) is 8.78 Å². The molecule has 16 heavy (non-hydrogen) atoms. The quantitative estimate of drug-likeness (QED) is 0.568. The molecule has 2 nitrogen and oxygen atoms in total. The zero-order valence-corrected chi connectivity index (χ0v) is 8.75. The summed E-state index contributed by atoms with van der Waals surface area (Å²) in [5.74, 6) is -0.872. The summed E-state index contributed by atoms with van der Waals surface area (Å²) in [6, 6.07) is 3.71. The molecule has 1 aromatic carbocycles. The molecule has 0 saturated heterocycles. The molecular formula is C12H12F2NO. The van der Waals surface area contributed by atoms with Gasteiger partial charge in [0.15, 0.2) is 0 Å². The summed E-state index contributed by atoms with van der Waals surface area (Å²) in [6.07, 6.45) is 6.12. The summed E-state index contributed by atoms with van der Waals surface area (Å²) in [7, 11) is 0. The van der Waals surface area contributed by atoms with Gasteiger partial charge in [-0.1, -0.05) is 17.6 Å². The molecule has 0 bridgehead atoms. The van der Waals surface area contributed by atoms with E-state index in [4.69, 9.17) is 4.84 Å². The lowest BCUT2D eigenvalue weighted by Crippen LogP contribution is -2.12. The minimum absolute atomic E-state index is 0.0957. The van der Waals surface area contributed by atoms with Crippen LogP contribution in [0.2, 0.25) is 0 Å². The second-order valence-electron chi connectivity index (χ2n) is 3.82. The Morgan fingerprint density at radius 3 is 2.56 bits per heavy atom. The van der Waals surface area contributed by atoms with E-state index in [1.54, 1.807) is 0 Å². The standard InChI is InChI=1S/C12H12F2NO/c13-11-5-2-6-12(14)10(11)8-16-15-7-9-3-1-4-9/h2,5-6,9H,1,3-4,8H2. The van der Waals surface area contributed by atoms with Gasteiger partial charge in [-0.2, -0.15) is 0 Å². The number of hydrogen-bond acceptors (Lipinski definition) is 2. The summed E-state index contributed by atoms with van der Waals surface area (Å²) >= 11 is 0. The van der Waals surface area contributed by atoms with Crippen molar-refractivity contribution in [1.29, 1.82) is 0 Å². The zero-order valence-electron chi connectivity index (χ0n) is 8.75. The molecule has 85 valence electrons. The third kappa shape index (κ3) is 2.56. The Morgan fingerprint density at radius 1 is 1.31 bits per heavy atom. The molecule has 0 heterocycles. The fraction of sp³-hybridized carbons (Fsp3) is 0.417. The average molecular weight is 224 g/mol. The Hall–Kier alpha value is -1.45. The smallest absolute Gasteiger partial charge is 0.148 e. The first-order chi connectivity index (χ1) is 7.77. The van der Waals surface area contributed by atoms with Gasteiger partial charge in [-0.05, 0) is 25.0 Å². The number of benzene rings is 1. The molecule has 4 heteroatoms. The van der Waals surface area contributed by atoms with E-state index < -0.39 is 11.6 Å². The van der Waals surface area contributed by atoms with Crippen molar-refractivity contribution in [2.24, 2.45) is 11.1 Å². The molecule has 0 aliphatic heterocycles. The highest BCUT2D eigenvalue weighted by Crippen LogP contribution is 2.24. The van der Waals surface area contributed by atoms with Crippen LogP contribution < -0.4 is 0 Å². The van der Waals surface area contributed by atoms with Crippen molar-refractivity contribution in [3.8, 4) is 0 Å². The highest BCUT2D eigenvalue weighted by atomic mass is 19.1. The first kappa shape index (κ1) is 11.0. The largest absolute Gasteiger partial charge is 0.390 e. The molecule has 0 amide bonds. The highest BCUT2D eigenvalue weighted by Gasteiger charge is 2.15. The van der Waals surface area contributed by atoms with Crippen molar-refractivity contribution in [2.75, 3.05) is 0 Å². The van der Waals surface area contributed by atoms with Crippen molar-refractivity contribution in [3.63, 3.8) is 0 Å². The Morgan fingerprint density at radius 2 is 2.00 bits per heavy atom. The van der Waals surface area contributed by atoms with Crippen LogP contribution in [0.4, 0.5) is 8.78 Å². The molecule has 0 spiro atoms. The van der Waals surface area contributed by atoms with Crippen LogP contribution in [0.15, 0.2) is 23.4 Å².